The SMILES string of the molecule is C[C@@H](N)C(=O)N1CCN(C(=O)c2ccc(F)c(F)c2)CC1. The second kappa shape index (κ2) is 6.17. The summed E-state index contributed by atoms with van der Waals surface area (Å²) in [6.45, 7) is 3.07. The minimum atomic E-state index is -1.05. The molecule has 1 aromatic carbocycles. The van der Waals surface area contributed by atoms with Crippen LogP contribution in [0.2, 0.25) is 0 Å². The highest BCUT2D eigenvalue weighted by Gasteiger charge is 2.26. The molecule has 1 saturated heterocycles. The van der Waals surface area contributed by atoms with Crippen molar-refractivity contribution >= 4 is 11.8 Å². The third-order valence-corrected chi connectivity index (χ3v) is 3.43. The molecule has 114 valence electrons. The average molecular weight is 297 g/mol. The van der Waals surface area contributed by atoms with Gasteiger partial charge in [-0.15, -0.1) is 0 Å². The van der Waals surface area contributed by atoms with E-state index < -0.39 is 17.7 Å². The Morgan fingerprint density at radius 3 is 2.19 bits per heavy atom. The van der Waals surface area contributed by atoms with E-state index in [1.54, 1.807) is 11.8 Å². The molecule has 0 aliphatic carbocycles. The maximum absolute atomic E-state index is 13.2. The first-order valence-electron chi connectivity index (χ1n) is 6.69. The van der Waals surface area contributed by atoms with Crippen LogP contribution in [0.25, 0.3) is 0 Å². The first-order chi connectivity index (χ1) is 9.90. The summed E-state index contributed by atoms with van der Waals surface area (Å²) in [5, 5.41) is 0. The highest BCUT2D eigenvalue weighted by molar-refractivity contribution is 5.94. The summed E-state index contributed by atoms with van der Waals surface area (Å²) in [6.07, 6.45) is 0. The molecule has 1 aliphatic rings. The number of rotatable bonds is 2. The molecule has 0 bridgehead atoms. The van der Waals surface area contributed by atoms with Crippen LogP contribution in [-0.2, 0) is 4.79 Å². The van der Waals surface area contributed by atoms with Gasteiger partial charge in [-0.3, -0.25) is 9.59 Å². The second-order valence-electron chi connectivity index (χ2n) is 5.04. The highest BCUT2D eigenvalue weighted by Crippen LogP contribution is 2.13. The quantitative estimate of drug-likeness (QED) is 0.869. The number of piperazine rings is 1. The number of benzene rings is 1. The van der Waals surface area contributed by atoms with E-state index in [-0.39, 0.29) is 17.4 Å². The fourth-order valence-corrected chi connectivity index (χ4v) is 2.23. The summed E-state index contributed by atoms with van der Waals surface area (Å²) in [6, 6.07) is 2.49. The number of hydrogen-bond donors (Lipinski definition) is 1. The Morgan fingerprint density at radius 2 is 1.67 bits per heavy atom. The number of hydrogen-bond acceptors (Lipinski definition) is 3. The molecule has 7 heteroatoms. The van der Waals surface area contributed by atoms with Crippen molar-refractivity contribution in [2.24, 2.45) is 5.73 Å². The van der Waals surface area contributed by atoms with Gasteiger partial charge in [-0.2, -0.15) is 0 Å². The first kappa shape index (κ1) is 15.4. The Bertz CT molecular complexity index is 555. The second-order valence-corrected chi connectivity index (χ2v) is 5.04. The number of carbonyl (C=O) groups is 2. The van der Waals surface area contributed by atoms with Gasteiger partial charge in [0.1, 0.15) is 0 Å². The molecule has 1 heterocycles. The number of nitrogens with zero attached hydrogens (tertiary/aromatic N) is 2. The molecular weight excluding hydrogens is 280 g/mol. The van der Waals surface area contributed by atoms with Gasteiger partial charge in [-0.1, -0.05) is 0 Å². The van der Waals surface area contributed by atoms with E-state index in [1.807, 2.05) is 0 Å². The maximum Gasteiger partial charge on any atom is 0.254 e. The van der Waals surface area contributed by atoms with E-state index in [0.717, 1.165) is 12.1 Å². The van der Waals surface area contributed by atoms with Gasteiger partial charge in [0.2, 0.25) is 5.91 Å². The molecule has 1 aromatic rings. The summed E-state index contributed by atoms with van der Waals surface area (Å²) < 4.78 is 26.0. The lowest BCUT2D eigenvalue weighted by atomic mass is 10.1. The predicted molar refractivity (Wildman–Crippen MR) is 72.5 cm³/mol. The Morgan fingerprint density at radius 1 is 1.10 bits per heavy atom. The molecule has 1 aliphatic heterocycles. The van der Waals surface area contributed by atoms with E-state index in [1.165, 1.54) is 11.0 Å². The monoisotopic (exact) mass is 297 g/mol. The number of amides is 2. The Hall–Kier alpha value is -2.02. The van der Waals surface area contributed by atoms with Crippen LogP contribution in [0.15, 0.2) is 18.2 Å². The summed E-state index contributed by atoms with van der Waals surface area (Å²) in [5.41, 5.74) is 5.63. The zero-order valence-corrected chi connectivity index (χ0v) is 11.7. The van der Waals surface area contributed by atoms with E-state index in [4.69, 9.17) is 5.73 Å². The number of halogens is 2. The van der Waals surface area contributed by atoms with Crippen LogP contribution >= 0.6 is 0 Å². The minimum Gasteiger partial charge on any atom is -0.338 e. The van der Waals surface area contributed by atoms with Crippen molar-refractivity contribution in [1.29, 1.82) is 0 Å². The van der Waals surface area contributed by atoms with E-state index in [2.05, 4.69) is 0 Å². The van der Waals surface area contributed by atoms with Gasteiger partial charge in [0.15, 0.2) is 11.6 Å². The summed E-state index contributed by atoms with van der Waals surface area (Å²) >= 11 is 0. The summed E-state index contributed by atoms with van der Waals surface area (Å²) in [7, 11) is 0. The molecular formula is C14H17F2N3O2. The molecule has 0 radical (unpaired) electrons. The number of nitrogens with two attached hydrogens (primary N) is 1. The maximum atomic E-state index is 13.2. The molecule has 5 nitrogen and oxygen atoms in total. The molecule has 0 spiro atoms. The van der Waals surface area contributed by atoms with Crippen molar-refractivity contribution < 1.29 is 18.4 Å². The zero-order valence-electron chi connectivity index (χ0n) is 11.7. The van der Waals surface area contributed by atoms with Crippen molar-refractivity contribution in [3.63, 3.8) is 0 Å². The van der Waals surface area contributed by atoms with Crippen LogP contribution in [-0.4, -0.2) is 53.8 Å². The first-order valence-corrected chi connectivity index (χ1v) is 6.69. The van der Waals surface area contributed by atoms with Crippen molar-refractivity contribution in [2.75, 3.05) is 26.2 Å². The van der Waals surface area contributed by atoms with Gasteiger partial charge >= 0.3 is 0 Å². The van der Waals surface area contributed by atoms with Gasteiger partial charge < -0.3 is 15.5 Å². The molecule has 0 unspecified atom stereocenters. The standard InChI is InChI=1S/C14H17F2N3O2/c1-9(17)13(20)18-4-6-19(7-5-18)14(21)10-2-3-11(15)12(16)8-10/h2-3,8-9H,4-7,17H2,1H3/t9-/m1/s1. The largest absolute Gasteiger partial charge is 0.338 e. The molecule has 21 heavy (non-hydrogen) atoms. The zero-order chi connectivity index (χ0) is 15.6. The van der Waals surface area contributed by atoms with Crippen LogP contribution in [0.3, 0.4) is 0 Å². The van der Waals surface area contributed by atoms with Gasteiger partial charge in [0, 0.05) is 31.7 Å². The van der Waals surface area contributed by atoms with Crippen molar-refractivity contribution in [3.05, 3.63) is 35.4 Å². The van der Waals surface area contributed by atoms with Gasteiger partial charge in [-0.05, 0) is 25.1 Å². The lowest BCUT2D eigenvalue weighted by molar-refractivity contribution is -0.133. The van der Waals surface area contributed by atoms with Crippen molar-refractivity contribution in [1.82, 2.24) is 9.80 Å². The van der Waals surface area contributed by atoms with Gasteiger partial charge in [0.05, 0.1) is 6.04 Å². The lowest BCUT2D eigenvalue weighted by Crippen LogP contribution is -2.53. The lowest BCUT2D eigenvalue weighted by Gasteiger charge is -2.35. The normalized spacial score (nSPS) is 16.8. The molecule has 2 amide bonds. The van der Waals surface area contributed by atoms with Crippen molar-refractivity contribution in [3.8, 4) is 0 Å². The molecule has 2 rings (SSSR count). The summed E-state index contributed by atoms with van der Waals surface area (Å²) in [5.74, 6) is -2.57. The van der Waals surface area contributed by atoms with Gasteiger partial charge in [0.25, 0.3) is 5.91 Å². The topological polar surface area (TPSA) is 66.6 Å². The average Bonchev–Trinajstić information content (AvgIpc) is 2.48. The van der Waals surface area contributed by atoms with Crippen molar-refractivity contribution in [2.45, 2.75) is 13.0 Å². The fourth-order valence-electron chi connectivity index (χ4n) is 2.23. The molecule has 1 fully saturated rings. The Balaban J connectivity index is 2.00. The van der Waals surface area contributed by atoms with E-state index >= 15 is 0 Å². The Labute approximate surface area is 121 Å². The van der Waals surface area contributed by atoms with Crippen LogP contribution < -0.4 is 5.73 Å². The Kier molecular flexibility index (Phi) is 4.52. The van der Waals surface area contributed by atoms with Crippen LogP contribution in [0.5, 0.6) is 0 Å². The van der Waals surface area contributed by atoms with E-state index in [9.17, 15) is 18.4 Å². The third kappa shape index (κ3) is 3.36. The minimum absolute atomic E-state index is 0.0980. The smallest absolute Gasteiger partial charge is 0.254 e. The molecule has 2 N–H and O–H groups in total. The molecule has 0 saturated carbocycles. The predicted octanol–water partition coefficient (Wildman–Crippen LogP) is 0.596. The van der Waals surface area contributed by atoms with Crippen LogP contribution in [0.4, 0.5) is 8.78 Å². The fraction of sp³-hybridized carbons (Fsp3) is 0.429. The molecule has 0 aromatic heterocycles. The third-order valence-electron chi connectivity index (χ3n) is 3.43. The van der Waals surface area contributed by atoms with Crippen LogP contribution in [0, 0.1) is 11.6 Å². The van der Waals surface area contributed by atoms with Gasteiger partial charge in [-0.25, -0.2) is 8.78 Å². The molecule has 1 atom stereocenters. The number of carbonyl (C=O) groups excluding carboxylic acids is 2. The van der Waals surface area contributed by atoms with Crippen LogP contribution in [0.1, 0.15) is 17.3 Å². The highest BCUT2D eigenvalue weighted by atomic mass is 19.2. The van der Waals surface area contributed by atoms with E-state index in [0.29, 0.717) is 26.2 Å². The summed E-state index contributed by atoms with van der Waals surface area (Å²) in [4.78, 5) is 27.0.